The number of hydrogen-bond acceptors (Lipinski definition) is 3. The molecular weight excluding hydrogens is 320 g/mol. The fourth-order valence-electron chi connectivity index (χ4n) is 3.02. The van der Waals surface area contributed by atoms with Crippen molar-refractivity contribution in [3.05, 3.63) is 71.9 Å². The average molecular weight is 348 g/mol. The van der Waals surface area contributed by atoms with Crippen molar-refractivity contribution in [2.24, 2.45) is 0 Å². The summed E-state index contributed by atoms with van der Waals surface area (Å²) in [7, 11) is 0. The molecule has 0 saturated carbocycles. The highest BCUT2D eigenvalue weighted by molar-refractivity contribution is 5.60. The molecule has 3 aromatic rings. The molecular formula is C22H28N4. The maximum Gasteiger partial charge on any atom is 0.117 e. The average Bonchev–Trinajstić information content (AvgIpc) is 3.09. The molecule has 0 aliphatic carbocycles. The van der Waals surface area contributed by atoms with E-state index >= 15 is 0 Å². The zero-order chi connectivity index (χ0) is 18.2. The minimum atomic E-state index is 0.426. The largest absolute Gasteiger partial charge is 0.309 e. The Balaban J connectivity index is 1.63. The first-order chi connectivity index (χ1) is 12.8. The third-order valence-electron chi connectivity index (χ3n) is 4.52. The highest BCUT2D eigenvalue weighted by atomic mass is 15.5. The van der Waals surface area contributed by atoms with Crippen LogP contribution in [0.25, 0.3) is 11.3 Å². The molecule has 0 aliphatic rings. The number of nitrogens with one attached hydrogen (secondary N) is 1. The second-order valence-electron chi connectivity index (χ2n) is 6.76. The van der Waals surface area contributed by atoms with Crippen LogP contribution < -0.4 is 5.32 Å². The molecule has 1 atom stereocenters. The molecule has 3 rings (SSSR count). The third kappa shape index (κ3) is 5.02. The minimum absolute atomic E-state index is 0.426. The second kappa shape index (κ2) is 9.30. The minimum Gasteiger partial charge on any atom is -0.309 e. The van der Waals surface area contributed by atoms with E-state index in [-0.39, 0.29) is 0 Å². The van der Waals surface area contributed by atoms with Gasteiger partial charge in [-0.3, -0.25) is 0 Å². The summed E-state index contributed by atoms with van der Waals surface area (Å²) in [6.07, 6.45) is 3.22. The SMILES string of the molecule is CCCn1nc(CN[C@H](C)CCc2ccccc2)c(-c2ccccc2)n1. The highest BCUT2D eigenvalue weighted by Crippen LogP contribution is 2.20. The van der Waals surface area contributed by atoms with E-state index < -0.39 is 0 Å². The van der Waals surface area contributed by atoms with E-state index in [1.165, 1.54) is 5.56 Å². The van der Waals surface area contributed by atoms with Crippen LogP contribution in [0.1, 0.15) is 37.9 Å². The van der Waals surface area contributed by atoms with Gasteiger partial charge < -0.3 is 5.32 Å². The predicted octanol–water partition coefficient (Wildman–Crippen LogP) is 4.47. The first-order valence-electron chi connectivity index (χ1n) is 9.53. The summed E-state index contributed by atoms with van der Waals surface area (Å²) in [4.78, 5) is 1.83. The van der Waals surface area contributed by atoms with Gasteiger partial charge in [0, 0.05) is 18.2 Å². The molecule has 136 valence electrons. The van der Waals surface area contributed by atoms with E-state index in [1.807, 2.05) is 23.0 Å². The molecule has 1 aromatic heterocycles. The smallest absolute Gasteiger partial charge is 0.117 e. The summed E-state index contributed by atoms with van der Waals surface area (Å²) in [6, 6.07) is 21.4. The second-order valence-corrected chi connectivity index (χ2v) is 6.76. The molecule has 0 amide bonds. The van der Waals surface area contributed by atoms with E-state index in [2.05, 4.69) is 61.6 Å². The molecule has 0 fully saturated rings. The van der Waals surface area contributed by atoms with Crippen molar-refractivity contribution in [3.8, 4) is 11.3 Å². The lowest BCUT2D eigenvalue weighted by molar-refractivity contribution is 0.494. The summed E-state index contributed by atoms with van der Waals surface area (Å²) >= 11 is 0. The molecule has 0 unspecified atom stereocenters. The maximum atomic E-state index is 4.71. The molecule has 0 bridgehead atoms. The van der Waals surface area contributed by atoms with Gasteiger partial charge in [-0.2, -0.15) is 15.0 Å². The zero-order valence-corrected chi connectivity index (χ0v) is 15.7. The van der Waals surface area contributed by atoms with E-state index in [1.54, 1.807) is 0 Å². The Hall–Kier alpha value is -2.46. The van der Waals surface area contributed by atoms with Gasteiger partial charge in [-0.25, -0.2) is 0 Å². The van der Waals surface area contributed by atoms with Crippen LogP contribution in [0.4, 0.5) is 0 Å². The van der Waals surface area contributed by atoms with Crippen LogP contribution in [-0.4, -0.2) is 21.0 Å². The first-order valence-corrected chi connectivity index (χ1v) is 9.53. The van der Waals surface area contributed by atoms with Gasteiger partial charge in [0.05, 0.1) is 6.54 Å². The van der Waals surface area contributed by atoms with Crippen LogP contribution >= 0.6 is 0 Å². The Kier molecular flexibility index (Phi) is 6.56. The van der Waals surface area contributed by atoms with Crippen LogP contribution in [0.15, 0.2) is 60.7 Å². The summed E-state index contributed by atoms with van der Waals surface area (Å²) in [5.74, 6) is 0. The Labute approximate surface area is 156 Å². The van der Waals surface area contributed by atoms with Gasteiger partial charge in [-0.1, -0.05) is 67.6 Å². The van der Waals surface area contributed by atoms with Crippen molar-refractivity contribution in [2.45, 2.75) is 52.2 Å². The number of aryl methyl sites for hydroxylation is 2. The molecule has 0 spiro atoms. The Morgan fingerprint density at radius 1 is 0.962 bits per heavy atom. The van der Waals surface area contributed by atoms with E-state index in [0.717, 1.165) is 49.3 Å². The fraction of sp³-hybridized carbons (Fsp3) is 0.364. The Morgan fingerprint density at radius 2 is 1.65 bits per heavy atom. The summed E-state index contributed by atoms with van der Waals surface area (Å²) in [6.45, 7) is 5.98. The van der Waals surface area contributed by atoms with Crippen molar-refractivity contribution < 1.29 is 0 Å². The lowest BCUT2D eigenvalue weighted by atomic mass is 10.1. The molecule has 4 heteroatoms. The summed E-state index contributed by atoms with van der Waals surface area (Å²) in [5, 5.41) is 13.0. The molecule has 4 nitrogen and oxygen atoms in total. The third-order valence-corrected chi connectivity index (χ3v) is 4.52. The number of rotatable bonds is 9. The van der Waals surface area contributed by atoms with Gasteiger partial charge in [-0.05, 0) is 31.7 Å². The van der Waals surface area contributed by atoms with Crippen molar-refractivity contribution >= 4 is 0 Å². The van der Waals surface area contributed by atoms with Crippen molar-refractivity contribution in [1.82, 2.24) is 20.3 Å². The van der Waals surface area contributed by atoms with Crippen molar-refractivity contribution in [3.63, 3.8) is 0 Å². The van der Waals surface area contributed by atoms with Crippen LogP contribution in [0.2, 0.25) is 0 Å². The number of nitrogens with zero attached hydrogens (tertiary/aromatic N) is 3. The number of hydrogen-bond donors (Lipinski definition) is 1. The highest BCUT2D eigenvalue weighted by Gasteiger charge is 2.13. The number of benzene rings is 2. The lowest BCUT2D eigenvalue weighted by Crippen LogP contribution is -2.26. The van der Waals surface area contributed by atoms with E-state index in [9.17, 15) is 0 Å². The quantitative estimate of drug-likeness (QED) is 0.620. The standard InChI is InChI=1S/C22H28N4/c1-3-16-26-24-21(22(25-26)20-12-8-5-9-13-20)17-23-18(2)14-15-19-10-6-4-7-11-19/h4-13,18,23H,3,14-17H2,1-2H3/t18-/m1/s1. The molecule has 0 radical (unpaired) electrons. The predicted molar refractivity (Wildman–Crippen MR) is 107 cm³/mol. The zero-order valence-electron chi connectivity index (χ0n) is 15.7. The lowest BCUT2D eigenvalue weighted by Gasteiger charge is -2.13. The van der Waals surface area contributed by atoms with Crippen LogP contribution in [0.3, 0.4) is 0 Å². The normalized spacial score (nSPS) is 12.2. The molecule has 1 heterocycles. The molecule has 0 aliphatic heterocycles. The molecule has 1 N–H and O–H groups in total. The Bertz CT molecular complexity index is 780. The van der Waals surface area contributed by atoms with Gasteiger partial charge in [0.2, 0.25) is 0 Å². The van der Waals surface area contributed by atoms with Crippen molar-refractivity contribution in [2.75, 3.05) is 0 Å². The van der Waals surface area contributed by atoms with Crippen LogP contribution in [0, 0.1) is 0 Å². The van der Waals surface area contributed by atoms with Gasteiger partial charge in [0.1, 0.15) is 11.4 Å². The van der Waals surface area contributed by atoms with E-state index in [0.29, 0.717) is 6.04 Å². The summed E-state index contributed by atoms with van der Waals surface area (Å²) in [5.41, 5.74) is 4.53. The topological polar surface area (TPSA) is 42.7 Å². The van der Waals surface area contributed by atoms with E-state index in [4.69, 9.17) is 10.2 Å². The molecule has 0 saturated heterocycles. The monoisotopic (exact) mass is 348 g/mol. The maximum absolute atomic E-state index is 4.71. The van der Waals surface area contributed by atoms with Gasteiger partial charge in [0.15, 0.2) is 0 Å². The molecule has 2 aromatic carbocycles. The fourth-order valence-corrected chi connectivity index (χ4v) is 3.02. The van der Waals surface area contributed by atoms with Gasteiger partial charge in [-0.15, -0.1) is 0 Å². The van der Waals surface area contributed by atoms with Gasteiger partial charge in [0.25, 0.3) is 0 Å². The summed E-state index contributed by atoms with van der Waals surface area (Å²) < 4.78 is 0. The number of aromatic nitrogens is 3. The first kappa shape index (κ1) is 18.3. The van der Waals surface area contributed by atoms with Crippen molar-refractivity contribution in [1.29, 1.82) is 0 Å². The van der Waals surface area contributed by atoms with Crippen LogP contribution in [0.5, 0.6) is 0 Å². The Morgan fingerprint density at radius 3 is 2.35 bits per heavy atom. The van der Waals surface area contributed by atoms with Crippen LogP contribution in [-0.2, 0) is 19.5 Å². The van der Waals surface area contributed by atoms with Gasteiger partial charge >= 0.3 is 0 Å². The molecule has 26 heavy (non-hydrogen) atoms.